The van der Waals surface area contributed by atoms with Gasteiger partial charge in [0.05, 0.1) is 5.25 Å². The van der Waals surface area contributed by atoms with Crippen molar-refractivity contribution in [1.29, 1.82) is 0 Å². The summed E-state index contributed by atoms with van der Waals surface area (Å²) in [5.74, 6) is 0.118. The van der Waals surface area contributed by atoms with Crippen molar-refractivity contribution in [1.82, 2.24) is 15.5 Å². The molecule has 18 heavy (non-hydrogen) atoms. The highest BCUT2D eigenvalue weighted by molar-refractivity contribution is 8.03. The molecule has 1 heterocycles. The van der Waals surface area contributed by atoms with E-state index in [-0.39, 0.29) is 11.2 Å². The number of carbonyl (C=O) groups is 1. The van der Waals surface area contributed by atoms with E-state index in [1.165, 1.54) is 24.6 Å². The summed E-state index contributed by atoms with van der Waals surface area (Å²) < 4.78 is 1.81. The molecular formula is C11H17N3OS3. The number of amides is 1. The van der Waals surface area contributed by atoms with Gasteiger partial charge in [0.25, 0.3) is 0 Å². The van der Waals surface area contributed by atoms with Crippen molar-refractivity contribution in [2.45, 2.75) is 52.6 Å². The van der Waals surface area contributed by atoms with E-state index in [9.17, 15) is 4.79 Å². The molecule has 1 N–H and O–H groups in total. The standard InChI is InChI=1S/C11H17N3OS3/c1-7(9(15)12-8-5-3-4-6-8)17-11-14-13-10(16-2)18-11/h7-8H,3-6H2,1-2H3,(H,12,15). The van der Waals surface area contributed by atoms with Crippen LogP contribution in [0.2, 0.25) is 0 Å². The normalized spacial score (nSPS) is 17.9. The van der Waals surface area contributed by atoms with E-state index in [4.69, 9.17) is 0 Å². The lowest BCUT2D eigenvalue weighted by atomic mass is 10.2. The SMILES string of the molecule is CSc1nnc(SC(C)C(=O)NC2CCCC2)s1. The van der Waals surface area contributed by atoms with E-state index < -0.39 is 0 Å². The van der Waals surface area contributed by atoms with Crippen molar-refractivity contribution in [3.63, 3.8) is 0 Å². The van der Waals surface area contributed by atoms with E-state index in [1.54, 1.807) is 23.1 Å². The molecule has 0 saturated heterocycles. The Morgan fingerprint density at radius 1 is 1.39 bits per heavy atom. The van der Waals surface area contributed by atoms with Crippen LogP contribution in [-0.2, 0) is 4.79 Å². The molecule has 1 aliphatic rings. The lowest BCUT2D eigenvalue weighted by molar-refractivity contribution is -0.120. The molecule has 0 aliphatic heterocycles. The highest BCUT2D eigenvalue weighted by atomic mass is 32.2. The minimum atomic E-state index is -0.103. The number of rotatable bonds is 5. The van der Waals surface area contributed by atoms with Gasteiger partial charge in [0.2, 0.25) is 5.91 Å². The number of nitrogens with one attached hydrogen (secondary N) is 1. The van der Waals surface area contributed by atoms with Gasteiger partial charge in [-0.15, -0.1) is 10.2 Å². The van der Waals surface area contributed by atoms with E-state index in [0.717, 1.165) is 21.5 Å². The summed E-state index contributed by atoms with van der Waals surface area (Å²) in [6.07, 6.45) is 6.70. The van der Waals surface area contributed by atoms with Gasteiger partial charge >= 0.3 is 0 Å². The molecule has 1 fully saturated rings. The molecule has 1 unspecified atom stereocenters. The maximum Gasteiger partial charge on any atom is 0.233 e. The van der Waals surface area contributed by atoms with Gasteiger partial charge in [0.15, 0.2) is 8.68 Å². The molecule has 1 aromatic rings. The second-order valence-electron chi connectivity index (χ2n) is 4.29. The molecule has 0 bridgehead atoms. The summed E-state index contributed by atoms with van der Waals surface area (Å²) in [6, 6.07) is 0.386. The van der Waals surface area contributed by atoms with Gasteiger partial charge in [-0.05, 0) is 26.0 Å². The Balaban J connectivity index is 1.82. The van der Waals surface area contributed by atoms with Crippen LogP contribution in [-0.4, -0.2) is 33.7 Å². The Morgan fingerprint density at radius 3 is 2.67 bits per heavy atom. The predicted molar refractivity (Wildman–Crippen MR) is 77.4 cm³/mol. The van der Waals surface area contributed by atoms with E-state index >= 15 is 0 Å². The molecule has 100 valence electrons. The maximum atomic E-state index is 12.0. The fraction of sp³-hybridized carbons (Fsp3) is 0.727. The zero-order valence-corrected chi connectivity index (χ0v) is 13.0. The van der Waals surface area contributed by atoms with Crippen molar-refractivity contribution in [3.05, 3.63) is 0 Å². The molecule has 0 aromatic carbocycles. The smallest absolute Gasteiger partial charge is 0.233 e. The first-order valence-corrected chi connectivity index (χ1v) is 8.95. The monoisotopic (exact) mass is 303 g/mol. The quantitative estimate of drug-likeness (QED) is 0.848. The Labute approximate surface area is 120 Å². The van der Waals surface area contributed by atoms with Gasteiger partial charge in [-0.1, -0.05) is 47.7 Å². The van der Waals surface area contributed by atoms with Crippen LogP contribution in [0.5, 0.6) is 0 Å². The average molecular weight is 303 g/mol. The summed E-state index contributed by atoms with van der Waals surface area (Å²) in [5, 5.41) is 11.1. The molecule has 4 nitrogen and oxygen atoms in total. The molecule has 2 rings (SSSR count). The third-order valence-corrected chi connectivity index (χ3v) is 5.99. The van der Waals surface area contributed by atoms with Crippen molar-refractivity contribution >= 4 is 40.8 Å². The Morgan fingerprint density at radius 2 is 2.06 bits per heavy atom. The number of hydrogen-bond acceptors (Lipinski definition) is 6. The minimum absolute atomic E-state index is 0.103. The molecular weight excluding hydrogens is 286 g/mol. The van der Waals surface area contributed by atoms with Crippen LogP contribution in [0, 0.1) is 0 Å². The Hall–Kier alpha value is -0.270. The van der Waals surface area contributed by atoms with Gasteiger partial charge in [-0.2, -0.15) is 0 Å². The zero-order chi connectivity index (χ0) is 13.0. The van der Waals surface area contributed by atoms with E-state index in [1.807, 2.05) is 13.2 Å². The molecule has 1 atom stereocenters. The van der Waals surface area contributed by atoms with Crippen LogP contribution < -0.4 is 5.32 Å². The second-order valence-corrected chi connectivity index (χ2v) is 7.91. The molecule has 0 spiro atoms. The minimum Gasteiger partial charge on any atom is -0.352 e. The third kappa shape index (κ3) is 3.86. The predicted octanol–water partition coefficient (Wildman–Crippen LogP) is 2.80. The maximum absolute atomic E-state index is 12.0. The van der Waals surface area contributed by atoms with Crippen LogP contribution >= 0.6 is 34.9 Å². The van der Waals surface area contributed by atoms with Crippen LogP contribution in [0.15, 0.2) is 8.68 Å². The highest BCUT2D eigenvalue weighted by Crippen LogP contribution is 2.30. The average Bonchev–Trinajstić information content (AvgIpc) is 3.00. The van der Waals surface area contributed by atoms with Gasteiger partial charge in [-0.25, -0.2) is 0 Å². The van der Waals surface area contributed by atoms with Gasteiger partial charge in [0, 0.05) is 6.04 Å². The van der Waals surface area contributed by atoms with Crippen molar-refractivity contribution in [3.8, 4) is 0 Å². The molecule has 1 aromatic heterocycles. The van der Waals surface area contributed by atoms with Crippen LogP contribution in [0.1, 0.15) is 32.6 Å². The number of carbonyl (C=O) groups excluding carboxylic acids is 1. The number of thioether (sulfide) groups is 2. The Bertz CT molecular complexity index is 404. The molecule has 1 aliphatic carbocycles. The van der Waals surface area contributed by atoms with E-state index in [0.29, 0.717) is 6.04 Å². The summed E-state index contributed by atoms with van der Waals surface area (Å²) >= 11 is 4.62. The fourth-order valence-electron chi connectivity index (χ4n) is 1.92. The second kappa shape index (κ2) is 6.77. The first kappa shape index (κ1) is 14.1. The summed E-state index contributed by atoms with van der Waals surface area (Å²) in [6.45, 7) is 1.93. The van der Waals surface area contributed by atoms with Gasteiger partial charge in [0.1, 0.15) is 0 Å². The zero-order valence-electron chi connectivity index (χ0n) is 10.5. The summed E-state index contributed by atoms with van der Waals surface area (Å²) in [5.41, 5.74) is 0. The van der Waals surface area contributed by atoms with Gasteiger partial charge in [-0.3, -0.25) is 4.79 Å². The third-order valence-electron chi connectivity index (χ3n) is 2.91. The summed E-state index contributed by atoms with van der Waals surface area (Å²) in [7, 11) is 0. The summed E-state index contributed by atoms with van der Waals surface area (Å²) in [4.78, 5) is 12.0. The largest absolute Gasteiger partial charge is 0.352 e. The van der Waals surface area contributed by atoms with Crippen LogP contribution in [0.25, 0.3) is 0 Å². The highest BCUT2D eigenvalue weighted by Gasteiger charge is 2.22. The van der Waals surface area contributed by atoms with Gasteiger partial charge < -0.3 is 5.32 Å². The number of aromatic nitrogens is 2. The first-order chi connectivity index (χ1) is 8.69. The first-order valence-electron chi connectivity index (χ1n) is 6.03. The Kier molecular flexibility index (Phi) is 5.32. The molecule has 7 heteroatoms. The van der Waals surface area contributed by atoms with Crippen molar-refractivity contribution in [2.75, 3.05) is 6.26 Å². The lowest BCUT2D eigenvalue weighted by Gasteiger charge is -2.15. The van der Waals surface area contributed by atoms with Crippen molar-refractivity contribution < 1.29 is 4.79 Å². The van der Waals surface area contributed by atoms with E-state index in [2.05, 4.69) is 15.5 Å². The molecule has 1 amide bonds. The topological polar surface area (TPSA) is 54.9 Å². The fourth-order valence-corrected chi connectivity index (χ4v) is 4.51. The molecule has 0 radical (unpaired) electrons. The molecule has 1 saturated carbocycles. The van der Waals surface area contributed by atoms with Crippen molar-refractivity contribution in [2.24, 2.45) is 0 Å². The number of nitrogens with zero attached hydrogens (tertiary/aromatic N) is 2. The number of hydrogen-bond donors (Lipinski definition) is 1. The lowest BCUT2D eigenvalue weighted by Crippen LogP contribution is -2.37. The van der Waals surface area contributed by atoms with Crippen LogP contribution in [0.4, 0.5) is 0 Å². The van der Waals surface area contributed by atoms with Crippen LogP contribution in [0.3, 0.4) is 0 Å².